The van der Waals surface area contributed by atoms with Crippen LogP contribution in [0.4, 0.5) is 0 Å². The van der Waals surface area contributed by atoms with Crippen LogP contribution < -0.4 is 10.1 Å². The molecule has 1 N–H and O–H groups in total. The molecule has 0 saturated carbocycles. The summed E-state index contributed by atoms with van der Waals surface area (Å²) in [5, 5.41) is 2.64. The second-order valence-corrected chi connectivity index (χ2v) is 6.75. The lowest BCUT2D eigenvalue weighted by Crippen LogP contribution is -2.43. The van der Waals surface area contributed by atoms with Crippen molar-refractivity contribution in [2.45, 2.75) is 26.3 Å². The molecule has 0 radical (unpaired) electrons. The molecule has 1 aliphatic rings. The standard InChI is InChI=1S/C18H24N2O5S/c1-3-24-15-7-5-14(6-8-15)17(22)20-12-26-11-16(20)18(23)25-10-4-9-19-13(2)21/h5-8,16H,3-4,9-12H2,1-2H3,(H,19,21)/t16-/m1/s1. The molecule has 8 heteroatoms. The molecule has 1 aromatic rings. The number of nitrogens with one attached hydrogen (secondary N) is 1. The average Bonchev–Trinajstić information content (AvgIpc) is 3.11. The maximum Gasteiger partial charge on any atom is 0.329 e. The van der Waals surface area contributed by atoms with Gasteiger partial charge in [-0.3, -0.25) is 9.59 Å². The van der Waals surface area contributed by atoms with Crippen LogP contribution >= 0.6 is 11.8 Å². The molecule has 1 aromatic carbocycles. The number of thioether (sulfide) groups is 1. The van der Waals surface area contributed by atoms with Gasteiger partial charge in [0.25, 0.3) is 5.91 Å². The molecule has 2 amide bonds. The fraction of sp³-hybridized carbons (Fsp3) is 0.500. The maximum absolute atomic E-state index is 12.7. The molecule has 1 heterocycles. The van der Waals surface area contributed by atoms with Crippen LogP contribution in [0.2, 0.25) is 0 Å². The monoisotopic (exact) mass is 380 g/mol. The van der Waals surface area contributed by atoms with Crippen molar-refractivity contribution in [2.24, 2.45) is 0 Å². The zero-order valence-corrected chi connectivity index (χ0v) is 15.8. The summed E-state index contributed by atoms with van der Waals surface area (Å²) in [6.45, 7) is 4.56. The molecular weight excluding hydrogens is 356 g/mol. The molecule has 1 fully saturated rings. The number of esters is 1. The molecule has 2 rings (SSSR count). The summed E-state index contributed by atoms with van der Waals surface area (Å²) in [6.07, 6.45) is 0.540. The van der Waals surface area contributed by atoms with Crippen molar-refractivity contribution in [2.75, 3.05) is 31.4 Å². The first-order valence-corrected chi connectivity index (χ1v) is 9.71. The quantitative estimate of drug-likeness (QED) is 0.545. The Kier molecular flexibility index (Phi) is 7.77. The minimum absolute atomic E-state index is 0.115. The lowest BCUT2D eigenvalue weighted by Gasteiger charge is -2.22. The van der Waals surface area contributed by atoms with Crippen molar-refractivity contribution in [3.63, 3.8) is 0 Å². The minimum atomic E-state index is -0.583. The molecule has 0 aromatic heterocycles. The summed E-state index contributed by atoms with van der Waals surface area (Å²) in [5.74, 6) is 0.964. The van der Waals surface area contributed by atoms with Gasteiger partial charge in [-0.2, -0.15) is 0 Å². The summed E-state index contributed by atoms with van der Waals surface area (Å²) in [4.78, 5) is 37.3. The number of nitrogens with zero attached hydrogens (tertiary/aromatic N) is 1. The van der Waals surface area contributed by atoms with E-state index in [1.807, 2.05) is 6.92 Å². The van der Waals surface area contributed by atoms with E-state index in [2.05, 4.69) is 5.32 Å². The predicted octanol–water partition coefficient (Wildman–Crippen LogP) is 1.67. The van der Waals surface area contributed by atoms with Gasteiger partial charge in [0, 0.05) is 24.8 Å². The minimum Gasteiger partial charge on any atom is -0.494 e. The number of rotatable bonds is 8. The number of ether oxygens (including phenoxy) is 2. The fourth-order valence-corrected chi connectivity index (χ4v) is 3.61. The number of carbonyl (C=O) groups is 3. The third-order valence-corrected chi connectivity index (χ3v) is 4.78. The number of carbonyl (C=O) groups excluding carboxylic acids is 3. The van der Waals surface area contributed by atoms with Crippen LogP contribution in [0.1, 0.15) is 30.6 Å². The Labute approximate surface area is 157 Å². The molecule has 0 unspecified atom stereocenters. The van der Waals surface area contributed by atoms with E-state index in [-0.39, 0.29) is 18.4 Å². The Morgan fingerprint density at radius 2 is 2.00 bits per heavy atom. The van der Waals surface area contributed by atoms with E-state index in [0.29, 0.717) is 42.5 Å². The Bertz CT molecular complexity index is 635. The second-order valence-electron chi connectivity index (χ2n) is 5.75. The molecule has 0 spiro atoms. The first-order valence-electron chi connectivity index (χ1n) is 8.55. The van der Waals surface area contributed by atoms with E-state index in [1.165, 1.54) is 23.6 Å². The topological polar surface area (TPSA) is 84.9 Å². The van der Waals surface area contributed by atoms with Gasteiger partial charge >= 0.3 is 5.97 Å². The molecule has 0 bridgehead atoms. The molecule has 0 aliphatic carbocycles. The summed E-state index contributed by atoms with van der Waals surface area (Å²) in [7, 11) is 0. The fourth-order valence-electron chi connectivity index (χ4n) is 2.47. The van der Waals surface area contributed by atoms with Crippen molar-refractivity contribution < 1.29 is 23.9 Å². The summed E-state index contributed by atoms with van der Waals surface area (Å²) >= 11 is 1.52. The van der Waals surface area contributed by atoms with Crippen LogP contribution in [0.3, 0.4) is 0 Å². The zero-order valence-electron chi connectivity index (χ0n) is 15.0. The first kappa shape index (κ1) is 20.1. The largest absolute Gasteiger partial charge is 0.494 e. The van der Waals surface area contributed by atoms with Gasteiger partial charge in [0.05, 0.1) is 19.1 Å². The van der Waals surface area contributed by atoms with E-state index >= 15 is 0 Å². The molecule has 142 valence electrons. The number of hydrogen-bond acceptors (Lipinski definition) is 6. The highest BCUT2D eigenvalue weighted by Crippen LogP contribution is 2.25. The van der Waals surface area contributed by atoms with Crippen molar-refractivity contribution in [3.05, 3.63) is 29.8 Å². The van der Waals surface area contributed by atoms with Crippen molar-refractivity contribution in [1.82, 2.24) is 10.2 Å². The molecule has 7 nitrogen and oxygen atoms in total. The van der Waals surface area contributed by atoms with E-state index in [1.54, 1.807) is 24.3 Å². The van der Waals surface area contributed by atoms with E-state index < -0.39 is 12.0 Å². The average molecular weight is 380 g/mol. The number of hydrogen-bond donors (Lipinski definition) is 1. The Hall–Kier alpha value is -2.22. The van der Waals surface area contributed by atoms with Gasteiger partial charge in [-0.1, -0.05) is 0 Å². The third-order valence-electron chi connectivity index (χ3n) is 3.77. The van der Waals surface area contributed by atoms with E-state index in [4.69, 9.17) is 9.47 Å². The Morgan fingerprint density at radius 3 is 2.65 bits per heavy atom. The molecule has 1 saturated heterocycles. The van der Waals surface area contributed by atoms with E-state index in [0.717, 1.165) is 0 Å². The molecule has 26 heavy (non-hydrogen) atoms. The predicted molar refractivity (Wildman–Crippen MR) is 99.2 cm³/mol. The Morgan fingerprint density at radius 1 is 1.27 bits per heavy atom. The molecule has 1 atom stereocenters. The van der Waals surface area contributed by atoms with Gasteiger partial charge in [-0.05, 0) is 37.6 Å². The van der Waals surface area contributed by atoms with Crippen LogP contribution in [-0.4, -0.2) is 60.1 Å². The maximum atomic E-state index is 12.7. The second kappa shape index (κ2) is 10.1. The summed E-state index contributed by atoms with van der Waals surface area (Å²) in [5.41, 5.74) is 0.513. The molecular formula is C18H24N2O5S. The lowest BCUT2D eigenvalue weighted by atomic mass is 10.1. The van der Waals surface area contributed by atoms with Crippen molar-refractivity contribution >= 4 is 29.5 Å². The first-order chi connectivity index (χ1) is 12.5. The summed E-state index contributed by atoms with van der Waals surface area (Å²) < 4.78 is 10.6. The van der Waals surface area contributed by atoms with Crippen LogP contribution in [0.25, 0.3) is 0 Å². The van der Waals surface area contributed by atoms with Crippen LogP contribution in [0, 0.1) is 0 Å². The van der Waals surface area contributed by atoms with Crippen LogP contribution in [0.5, 0.6) is 5.75 Å². The third kappa shape index (κ3) is 5.66. The van der Waals surface area contributed by atoms with E-state index in [9.17, 15) is 14.4 Å². The van der Waals surface area contributed by atoms with Crippen LogP contribution in [-0.2, 0) is 14.3 Å². The highest BCUT2D eigenvalue weighted by Gasteiger charge is 2.36. The lowest BCUT2D eigenvalue weighted by molar-refractivity contribution is -0.147. The number of benzene rings is 1. The normalized spacial score (nSPS) is 16.2. The number of amides is 2. The van der Waals surface area contributed by atoms with Gasteiger partial charge in [0.1, 0.15) is 11.8 Å². The highest BCUT2D eigenvalue weighted by molar-refractivity contribution is 7.99. The highest BCUT2D eigenvalue weighted by atomic mass is 32.2. The summed E-state index contributed by atoms with van der Waals surface area (Å²) in [6, 6.07) is 6.31. The SMILES string of the molecule is CCOc1ccc(C(=O)N2CSC[C@@H]2C(=O)OCCCNC(C)=O)cc1. The van der Waals surface area contributed by atoms with Crippen molar-refractivity contribution in [3.8, 4) is 5.75 Å². The smallest absolute Gasteiger partial charge is 0.329 e. The van der Waals surface area contributed by atoms with Gasteiger partial charge in [0.15, 0.2) is 0 Å². The van der Waals surface area contributed by atoms with Gasteiger partial charge in [-0.15, -0.1) is 11.8 Å². The van der Waals surface area contributed by atoms with Crippen LogP contribution in [0.15, 0.2) is 24.3 Å². The molecule has 1 aliphatic heterocycles. The van der Waals surface area contributed by atoms with Crippen molar-refractivity contribution in [1.29, 1.82) is 0 Å². The Balaban J connectivity index is 1.88. The van der Waals surface area contributed by atoms with Gasteiger partial charge in [0.2, 0.25) is 5.91 Å². The van der Waals surface area contributed by atoms with Gasteiger partial charge < -0.3 is 19.7 Å². The zero-order chi connectivity index (χ0) is 18.9. The van der Waals surface area contributed by atoms with Gasteiger partial charge in [-0.25, -0.2) is 4.79 Å².